The van der Waals surface area contributed by atoms with E-state index in [1.807, 2.05) is 0 Å². The number of aryl methyl sites for hydroxylation is 1. The minimum absolute atomic E-state index is 0.0517. The van der Waals surface area contributed by atoms with Crippen LogP contribution in [-0.2, 0) is 11.0 Å². The number of ether oxygens (including phenoxy) is 2. The lowest BCUT2D eigenvalue weighted by Crippen LogP contribution is -2.13. The average molecular weight is 468 g/mol. The molecule has 0 aliphatic heterocycles. The fourth-order valence-corrected chi connectivity index (χ4v) is 2.82. The largest absolute Gasteiger partial charge is 0.493 e. The summed E-state index contributed by atoms with van der Waals surface area (Å²) >= 11 is 0. The predicted molar refractivity (Wildman–Crippen MR) is 108 cm³/mol. The number of carbonyl (C=O) groups is 1. The fourth-order valence-electron chi connectivity index (χ4n) is 2.82. The second-order valence-electron chi connectivity index (χ2n) is 6.57. The third-order valence-corrected chi connectivity index (χ3v) is 4.23. The Labute approximate surface area is 184 Å². The fraction of sp³-hybridized carbons (Fsp3) is 0.190. The molecule has 0 radical (unpaired) electrons. The van der Waals surface area contributed by atoms with Gasteiger partial charge in [0.1, 0.15) is 5.82 Å². The van der Waals surface area contributed by atoms with Crippen molar-refractivity contribution < 1.29 is 36.2 Å². The van der Waals surface area contributed by atoms with Crippen molar-refractivity contribution in [2.24, 2.45) is 0 Å². The maximum atomic E-state index is 12.8. The van der Waals surface area contributed by atoms with Crippen LogP contribution in [0.25, 0.3) is 11.9 Å². The van der Waals surface area contributed by atoms with Gasteiger partial charge < -0.3 is 14.8 Å². The van der Waals surface area contributed by atoms with E-state index in [0.29, 0.717) is 11.9 Å². The van der Waals surface area contributed by atoms with Crippen LogP contribution >= 0.6 is 0 Å². The Kier molecular flexibility index (Phi) is 6.95. The van der Waals surface area contributed by atoms with Gasteiger partial charge in [-0.2, -0.15) is 31.7 Å². The number of rotatable bonds is 7. The highest BCUT2D eigenvalue weighted by molar-refractivity contribution is 6.01. The highest BCUT2D eigenvalue weighted by Gasteiger charge is 2.30. The Morgan fingerprint density at radius 1 is 1.21 bits per heavy atom. The van der Waals surface area contributed by atoms with Crippen molar-refractivity contribution in [3.05, 3.63) is 65.5 Å². The number of hydrogen-bond acceptors (Lipinski definition) is 5. The first-order chi connectivity index (χ1) is 15.6. The van der Waals surface area contributed by atoms with Gasteiger partial charge in [0, 0.05) is 23.9 Å². The zero-order chi connectivity index (χ0) is 24.2. The number of amides is 1. The number of methoxy groups -OCH3 is 1. The molecule has 2 heterocycles. The number of alkyl halides is 5. The second-order valence-corrected chi connectivity index (χ2v) is 6.57. The summed E-state index contributed by atoms with van der Waals surface area (Å²) in [6.45, 7) is -1.48. The smallest absolute Gasteiger partial charge is 0.417 e. The van der Waals surface area contributed by atoms with Gasteiger partial charge in [0.15, 0.2) is 17.3 Å². The van der Waals surface area contributed by atoms with Crippen molar-refractivity contribution in [2.45, 2.75) is 19.7 Å². The van der Waals surface area contributed by atoms with Gasteiger partial charge in [-0.15, -0.1) is 0 Å². The van der Waals surface area contributed by atoms with Crippen molar-refractivity contribution in [1.82, 2.24) is 14.8 Å². The molecule has 0 bridgehead atoms. The van der Waals surface area contributed by atoms with Gasteiger partial charge in [-0.1, -0.05) is 12.1 Å². The number of nitrogens with one attached hydrogen (secondary N) is 1. The zero-order valence-corrected chi connectivity index (χ0v) is 17.2. The molecular formula is C21H17F5N4O3. The Bertz CT molecular complexity index is 1160. The number of pyridine rings is 1. The van der Waals surface area contributed by atoms with E-state index in [0.717, 1.165) is 22.9 Å². The second kappa shape index (κ2) is 9.67. The van der Waals surface area contributed by atoms with Crippen molar-refractivity contribution in [3.63, 3.8) is 0 Å². The summed E-state index contributed by atoms with van der Waals surface area (Å²) in [5.74, 6) is -0.650. The van der Waals surface area contributed by atoms with Gasteiger partial charge in [0.2, 0.25) is 5.91 Å². The summed E-state index contributed by atoms with van der Waals surface area (Å²) < 4.78 is 74.4. The van der Waals surface area contributed by atoms with Gasteiger partial charge in [-0.25, -0.2) is 4.98 Å². The lowest BCUT2D eigenvalue weighted by atomic mass is 10.1. The van der Waals surface area contributed by atoms with Crippen LogP contribution in [0.3, 0.4) is 0 Å². The molecule has 2 aromatic heterocycles. The van der Waals surface area contributed by atoms with Crippen LogP contribution in [0.1, 0.15) is 16.8 Å². The molecule has 0 atom stereocenters. The van der Waals surface area contributed by atoms with Crippen LogP contribution in [0.5, 0.6) is 11.5 Å². The van der Waals surface area contributed by atoms with E-state index in [4.69, 9.17) is 4.74 Å². The van der Waals surface area contributed by atoms with E-state index in [1.54, 1.807) is 6.92 Å². The van der Waals surface area contributed by atoms with E-state index < -0.39 is 24.3 Å². The lowest BCUT2D eigenvalue weighted by Gasteiger charge is -2.12. The predicted octanol–water partition coefficient (Wildman–Crippen LogP) is 4.86. The molecular weight excluding hydrogens is 451 g/mol. The van der Waals surface area contributed by atoms with Crippen molar-refractivity contribution in [2.75, 3.05) is 12.4 Å². The molecule has 0 fully saturated rings. The Hall–Kier alpha value is -3.96. The molecule has 7 nitrogen and oxygen atoms in total. The molecule has 1 aromatic carbocycles. The van der Waals surface area contributed by atoms with Crippen LogP contribution in [0.4, 0.5) is 27.8 Å². The first-order valence-corrected chi connectivity index (χ1v) is 9.29. The van der Waals surface area contributed by atoms with Gasteiger partial charge in [0.25, 0.3) is 0 Å². The van der Waals surface area contributed by atoms with E-state index in [1.165, 1.54) is 37.5 Å². The standard InChI is InChI=1S/C21H17F5N4O3/c1-12-10-17(30(29-12)16-8-7-14(11-27-16)21(24,25)26)28-18(31)9-6-13-4-3-5-15(32-2)19(13)33-20(22)23/h3-11,20H,1-2H3,(H,28,31)/b9-6+. The molecule has 0 unspecified atom stereocenters. The summed E-state index contributed by atoms with van der Waals surface area (Å²) in [5, 5.41) is 6.65. The zero-order valence-electron chi connectivity index (χ0n) is 17.2. The maximum Gasteiger partial charge on any atom is 0.417 e. The van der Waals surface area contributed by atoms with Crippen molar-refractivity contribution in [1.29, 1.82) is 0 Å². The Morgan fingerprint density at radius 2 is 1.97 bits per heavy atom. The number of carbonyl (C=O) groups excluding carboxylic acids is 1. The van der Waals surface area contributed by atoms with Crippen LogP contribution in [0.15, 0.2) is 48.7 Å². The quantitative estimate of drug-likeness (QED) is 0.396. The number of anilines is 1. The molecule has 1 amide bonds. The number of nitrogens with zero attached hydrogens (tertiary/aromatic N) is 3. The average Bonchev–Trinajstić information content (AvgIpc) is 3.11. The number of para-hydroxylation sites is 1. The maximum absolute atomic E-state index is 12.8. The topological polar surface area (TPSA) is 78.3 Å². The molecule has 3 rings (SSSR count). The molecule has 1 N–H and O–H groups in total. The van der Waals surface area contributed by atoms with Crippen LogP contribution in [0.2, 0.25) is 0 Å². The van der Waals surface area contributed by atoms with E-state index in [-0.39, 0.29) is 28.7 Å². The van der Waals surface area contributed by atoms with E-state index in [2.05, 4.69) is 20.1 Å². The highest BCUT2D eigenvalue weighted by Crippen LogP contribution is 2.33. The molecule has 0 spiro atoms. The molecule has 0 saturated carbocycles. The van der Waals surface area contributed by atoms with Crippen LogP contribution < -0.4 is 14.8 Å². The number of aromatic nitrogens is 3. The summed E-state index contributed by atoms with van der Waals surface area (Å²) in [7, 11) is 1.28. The molecule has 33 heavy (non-hydrogen) atoms. The normalized spacial score (nSPS) is 11.8. The first-order valence-electron chi connectivity index (χ1n) is 9.29. The van der Waals surface area contributed by atoms with Gasteiger partial charge in [0.05, 0.1) is 18.4 Å². The third-order valence-electron chi connectivity index (χ3n) is 4.23. The van der Waals surface area contributed by atoms with Crippen molar-refractivity contribution in [3.8, 4) is 17.3 Å². The molecule has 174 valence electrons. The molecule has 0 saturated heterocycles. The monoisotopic (exact) mass is 468 g/mol. The highest BCUT2D eigenvalue weighted by atomic mass is 19.4. The lowest BCUT2D eigenvalue weighted by molar-refractivity contribution is -0.137. The van der Waals surface area contributed by atoms with Gasteiger partial charge >= 0.3 is 12.8 Å². The molecule has 0 aliphatic rings. The van der Waals surface area contributed by atoms with E-state index >= 15 is 0 Å². The third kappa shape index (κ3) is 5.84. The molecule has 12 heteroatoms. The Balaban J connectivity index is 1.82. The number of halogens is 5. The summed E-state index contributed by atoms with van der Waals surface area (Å²) in [4.78, 5) is 16.2. The minimum atomic E-state index is -4.54. The summed E-state index contributed by atoms with van der Waals surface area (Å²) in [6, 6.07) is 7.85. The van der Waals surface area contributed by atoms with Gasteiger partial charge in [-0.3, -0.25) is 4.79 Å². The van der Waals surface area contributed by atoms with Crippen LogP contribution in [0, 0.1) is 6.92 Å². The van der Waals surface area contributed by atoms with Crippen LogP contribution in [-0.4, -0.2) is 34.4 Å². The van der Waals surface area contributed by atoms with Crippen molar-refractivity contribution >= 4 is 17.8 Å². The van der Waals surface area contributed by atoms with E-state index in [9.17, 15) is 26.7 Å². The molecule has 0 aliphatic carbocycles. The number of hydrogen-bond donors (Lipinski definition) is 1. The summed E-state index contributed by atoms with van der Waals surface area (Å²) in [6.07, 6.45) is -1.56. The van der Waals surface area contributed by atoms with Gasteiger partial charge in [-0.05, 0) is 31.2 Å². The first kappa shape index (κ1) is 23.7. The molecule has 3 aromatic rings. The summed E-state index contributed by atoms with van der Waals surface area (Å²) in [5.41, 5.74) is -0.293. The minimum Gasteiger partial charge on any atom is -0.493 e. The number of benzene rings is 1. The SMILES string of the molecule is COc1cccc(/C=C/C(=O)Nc2cc(C)nn2-c2ccc(C(F)(F)F)cn2)c1OC(F)F. The Morgan fingerprint density at radius 3 is 2.58 bits per heavy atom.